The highest BCUT2D eigenvalue weighted by molar-refractivity contribution is 7.07. The van der Waals surface area contributed by atoms with E-state index >= 15 is 0 Å². The molecule has 0 saturated carbocycles. The van der Waals surface area contributed by atoms with Crippen LogP contribution in [0.2, 0.25) is 0 Å². The van der Waals surface area contributed by atoms with Crippen LogP contribution in [0, 0.1) is 17.0 Å². The Labute approximate surface area is 239 Å². The number of nitrogens with zero attached hydrogens (tertiary/aromatic N) is 4. The van der Waals surface area contributed by atoms with Gasteiger partial charge in [0.15, 0.2) is 4.80 Å². The van der Waals surface area contributed by atoms with E-state index < -0.39 is 16.9 Å². The van der Waals surface area contributed by atoms with Crippen LogP contribution >= 0.6 is 11.3 Å². The summed E-state index contributed by atoms with van der Waals surface area (Å²) in [5.74, 6) is 0.320. The van der Waals surface area contributed by atoms with Crippen molar-refractivity contribution in [1.29, 1.82) is 0 Å². The number of carbonyl (C=O) groups is 1. The van der Waals surface area contributed by atoms with Crippen LogP contribution in [0.5, 0.6) is 0 Å². The summed E-state index contributed by atoms with van der Waals surface area (Å²) in [4.78, 5) is 44.9. The minimum absolute atomic E-state index is 0.000137. The number of ether oxygens (including phenoxy) is 1. The van der Waals surface area contributed by atoms with Gasteiger partial charge in [-0.15, -0.1) is 0 Å². The molecule has 3 heterocycles. The average molecular weight is 573 g/mol. The van der Waals surface area contributed by atoms with Gasteiger partial charge in [0.05, 0.1) is 33.4 Å². The van der Waals surface area contributed by atoms with E-state index in [2.05, 4.69) is 4.99 Å². The number of aromatic nitrogens is 1. The molecule has 0 N–H and O–H groups in total. The van der Waals surface area contributed by atoms with Gasteiger partial charge >= 0.3 is 5.97 Å². The molecule has 210 valence electrons. The molecule has 11 heteroatoms. The van der Waals surface area contributed by atoms with Crippen molar-refractivity contribution in [1.82, 2.24) is 4.57 Å². The number of thiazole rings is 1. The molecule has 0 saturated heterocycles. The minimum Gasteiger partial charge on any atom is -0.463 e. The lowest BCUT2D eigenvalue weighted by atomic mass is 9.95. The quantitative estimate of drug-likeness (QED) is 0.184. The summed E-state index contributed by atoms with van der Waals surface area (Å²) < 4.78 is 13.2. The third kappa shape index (κ3) is 5.23. The van der Waals surface area contributed by atoms with Crippen LogP contribution in [0.15, 0.2) is 80.1 Å². The number of nitro benzene ring substituents is 1. The van der Waals surface area contributed by atoms with Crippen molar-refractivity contribution in [3.8, 4) is 11.3 Å². The molecule has 2 aromatic heterocycles. The topological polar surface area (TPSA) is 120 Å². The van der Waals surface area contributed by atoms with Gasteiger partial charge < -0.3 is 14.1 Å². The highest BCUT2D eigenvalue weighted by Gasteiger charge is 2.33. The average Bonchev–Trinajstić information content (AvgIpc) is 3.52. The first-order valence-electron chi connectivity index (χ1n) is 12.9. The molecule has 0 fully saturated rings. The van der Waals surface area contributed by atoms with E-state index in [1.807, 2.05) is 43.3 Å². The van der Waals surface area contributed by atoms with Gasteiger partial charge in [0, 0.05) is 43.1 Å². The summed E-state index contributed by atoms with van der Waals surface area (Å²) in [5.41, 5.74) is 3.31. The molecule has 0 aliphatic carbocycles. The molecule has 0 amide bonds. The molecule has 0 bridgehead atoms. The van der Waals surface area contributed by atoms with Gasteiger partial charge in [0.25, 0.3) is 11.2 Å². The highest BCUT2D eigenvalue weighted by atomic mass is 32.1. The fourth-order valence-corrected chi connectivity index (χ4v) is 5.76. The number of nitro groups is 1. The summed E-state index contributed by atoms with van der Waals surface area (Å²) >= 11 is 1.19. The van der Waals surface area contributed by atoms with Crippen molar-refractivity contribution in [2.75, 3.05) is 25.6 Å². The largest absolute Gasteiger partial charge is 0.463 e. The van der Waals surface area contributed by atoms with Crippen molar-refractivity contribution >= 4 is 34.8 Å². The molecule has 1 unspecified atom stereocenters. The Morgan fingerprint density at radius 2 is 1.90 bits per heavy atom. The minimum atomic E-state index is -0.719. The summed E-state index contributed by atoms with van der Waals surface area (Å²) in [7, 11) is 3.87. The van der Waals surface area contributed by atoms with E-state index in [0.29, 0.717) is 43.3 Å². The van der Waals surface area contributed by atoms with Crippen LogP contribution in [0.25, 0.3) is 17.4 Å². The van der Waals surface area contributed by atoms with E-state index in [4.69, 9.17) is 9.15 Å². The number of rotatable bonds is 7. The fourth-order valence-electron chi connectivity index (χ4n) is 4.74. The van der Waals surface area contributed by atoms with E-state index in [0.717, 1.165) is 11.3 Å². The van der Waals surface area contributed by atoms with Gasteiger partial charge in [-0.05, 0) is 50.6 Å². The number of aryl methyl sites for hydroxylation is 1. The smallest absolute Gasteiger partial charge is 0.338 e. The number of fused-ring (bicyclic) bond motifs is 1. The molecule has 4 aromatic rings. The predicted molar refractivity (Wildman–Crippen MR) is 157 cm³/mol. The molecule has 5 rings (SSSR count). The standard InChI is InChI=1S/C30H28N4O6S/c1-6-39-29(36)26-18(3)31-30-33(27(26)19-9-11-21(12-10-19)32(4)5)28(35)25(41-30)16-22-13-14-24(40-22)20-8-7-17(2)23(15-20)34(37)38/h7-16,27H,6H2,1-5H3. The SMILES string of the molecule is CCOC(=O)C1=C(C)N=c2sc(=Cc3ccc(-c4ccc(C)c([N+](=O)[O-])c4)o3)c(=O)n2C1c1ccc(N(C)C)cc1. The van der Waals surface area contributed by atoms with E-state index in [-0.39, 0.29) is 17.9 Å². The summed E-state index contributed by atoms with van der Waals surface area (Å²) in [6.45, 7) is 5.34. The van der Waals surface area contributed by atoms with Crippen molar-refractivity contribution in [2.24, 2.45) is 4.99 Å². The Morgan fingerprint density at radius 3 is 2.56 bits per heavy atom. The zero-order chi connectivity index (χ0) is 29.4. The Balaban J connectivity index is 1.61. The van der Waals surface area contributed by atoms with Crippen molar-refractivity contribution in [3.63, 3.8) is 0 Å². The van der Waals surface area contributed by atoms with Gasteiger partial charge in [-0.3, -0.25) is 19.5 Å². The summed E-state index contributed by atoms with van der Waals surface area (Å²) in [5, 5.41) is 11.4. The number of anilines is 1. The number of benzene rings is 2. The van der Waals surface area contributed by atoms with Crippen molar-refractivity contribution in [3.05, 3.63) is 113 Å². The molecule has 0 spiro atoms. The molecule has 0 radical (unpaired) electrons. The maximum atomic E-state index is 13.8. The van der Waals surface area contributed by atoms with Crippen LogP contribution < -0.4 is 19.8 Å². The van der Waals surface area contributed by atoms with E-state index in [1.54, 1.807) is 51.1 Å². The molecular weight excluding hydrogens is 544 g/mol. The molecule has 1 aliphatic rings. The number of esters is 1. The number of hydrogen-bond acceptors (Lipinski definition) is 9. The molecule has 10 nitrogen and oxygen atoms in total. The Kier molecular flexibility index (Phi) is 7.46. The zero-order valence-electron chi connectivity index (χ0n) is 23.2. The maximum absolute atomic E-state index is 13.8. The predicted octanol–water partition coefficient (Wildman–Crippen LogP) is 4.34. The number of hydrogen-bond donors (Lipinski definition) is 0. The van der Waals surface area contributed by atoms with Gasteiger partial charge in [0.1, 0.15) is 11.5 Å². The molecular formula is C30H28N4O6S. The van der Waals surface area contributed by atoms with Crippen LogP contribution in [0.4, 0.5) is 11.4 Å². The van der Waals surface area contributed by atoms with Gasteiger partial charge in [-0.2, -0.15) is 0 Å². The van der Waals surface area contributed by atoms with Crippen LogP contribution in [-0.2, 0) is 9.53 Å². The number of furan rings is 1. The first-order chi connectivity index (χ1) is 19.6. The second-order valence-corrected chi connectivity index (χ2v) is 10.8. The van der Waals surface area contributed by atoms with Crippen LogP contribution in [0.3, 0.4) is 0 Å². The first kappa shape index (κ1) is 27.8. The van der Waals surface area contributed by atoms with Gasteiger partial charge in [0.2, 0.25) is 0 Å². The third-order valence-electron chi connectivity index (χ3n) is 6.83. The van der Waals surface area contributed by atoms with Crippen LogP contribution in [-0.4, -0.2) is 36.2 Å². The monoisotopic (exact) mass is 572 g/mol. The second-order valence-electron chi connectivity index (χ2n) is 9.75. The molecule has 41 heavy (non-hydrogen) atoms. The molecule has 1 atom stereocenters. The van der Waals surface area contributed by atoms with Crippen molar-refractivity contribution < 1.29 is 18.9 Å². The van der Waals surface area contributed by atoms with E-state index in [1.165, 1.54) is 22.0 Å². The third-order valence-corrected chi connectivity index (χ3v) is 7.82. The lowest BCUT2D eigenvalue weighted by Gasteiger charge is -2.25. The Bertz CT molecular complexity index is 1880. The normalized spacial score (nSPS) is 15.0. The maximum Gasteiger partial charge on any atom is 0.338 e. The lowest BCUT2D eigenvalue weighted by Crippen LogP contribution is -2.39. The van der Waals surface area contributed by atoms with Gasteiger partial charge in [-0.1, -0.05) is 35.6 Å². The number of allylic oxidation sites excluding steroid dienone is 1. The highest BCUT2D eigenvalue weighted by Crippen LogP contribution is 2.32. The van der Waals surface area contributed by atoms with E-state index in [9.17, 15) is 19.7 Å². The zero-order valence-corrected chi connectivity index (χ0v) is 24.0. The molecule has 2 aromatic carbocycles. The summed E-state index contributed by atoms with van der Waals surface area (Å²) in [6, 6.07) is 15.2. The summed E-state index contributed by atoms with van der Waals surface area (Å²) in [6.07, 6.45) is 1.62. The Morgan fingerprint density at radius 1 is 1.17 bits per heavy atom. The number of carbonyl (C=O) groups excluding carboxylic acids is 1. The van der Waals surface area contributed by atoms with Gasteiger partial charge in [-0.25, -0.2) is 9.79 Å². The lowest BCUT2D eigenvalue weighted by molar-refractivity contribution is -0.385. The fraction of sp³-hybridized carbons (Fsp3) is 0.233. The van der Waals surface area contributed by atoms with Crippen molar-refractivity contribution in [2.45, 2.75) is 26.8 Å². The molecule has 1 aliphatic heterocycles. The second kappa shape index (κ2) is 11.0. The first-order valence-corrected chi connectivity index (χ1v) is 13.7. The van der Waals surface area contributed by atoms with Crippen LogP contribution in [0.1, 0.15) is 36.8 Å². The Hall–Kier alpha value is -4.77.